The molecule has 0 aromatic heterocycles. The van der Waals surface area contributed by atoms with Gasteiger partial charge in [-0.05, 0) is 47.4 Å². The Labute approximate surface area is 186 Å². The van der Waals surface area contributed by atoms with Gasteiger partial charge in [0, 0.05) is 6.54 Å². The van der Waals surface area contributed by atoms with Gasteiger partial charge >= 0.3 is 6.03 Å². The van der Waals surface area contributed by atoms with Crippen molar-refractivity contribution in [2.45, 2.75) is 18.9 Å². The smallest absolute Gasteiger partial charge is 0.325 e. The normalized spacial score (nSPS) is 18.0. The molecule has 1 aliphatic heterocycles. The van der Waals surface area contributed by atoms with Gasteiger partial charge in [-0.25, -0.2) is 4.79 Å². The van der Waals surface area contributed by atoms with E-state index >= 15 is 0 Å². The van der Waals surface area contributed by atoms with Crippen molar-refractivity contribution < 1.29 is 19.1 Å². The second kappa shape index (κ2) is 8.70. The van der Waals surface area contributed by atoms with Gasteiger partial charge in [-0.2, -0.15) is 0 Å². The van der Waals surface area contributed by atoms with Crippen LogP contribution in [0, 0.1) is 0 Å². The van der Waals surface area contributed by atoms with E-state index in [1.165, 1.54) is 0 Å². The summed E-state index contributed by atoms with van der Waals surface area (Å²) < 4.78 is 5.13. The number of benzene rings is 3. The fourth-order valence-corrected chi connectivity index (χ4v) is 4.02. The monoisotopic (exact) mass is 431 g/mol. The number of nitrogens with one attached hydrogen (secondary N) is 2. The Hall–Kier alpha value is -3.87. The predicted molar refractivity (Wildman–Crippen MR) is 121 cm³/mol. The molecule has 1 unspecified atom stereocenters. The Balaban J connectivity index is 1.41. The lowest BCUT2D eigenvalue weighted by molar-refractivity contribution is -0.134. The van der Waals surface area contributed by atoms with Crippen LogP contribution in [0.15, 0.2) is 66.7 Å². The number of amides is 4. The van der Waals surface area contributed by atoms with Crippen LogP contribution in [0.25, 0.3) is 10.8 Å². The number of carbonyl (C=O) groups excluding carboxylic acids is 3. The molecule has 0 radical (unpaired) electrons. The number of carbonyl (C=O) groups is 3. The molecule has 0 spiro atoms. The molecule has 7 heteroatoms. The predicted octanol–water partition coefficient (Wildman–Crippen LogP) is 2.97. The van der Waals surface area contributed by atoms with Crippen LogP contribution in [0.3, 0.4) is 0 Å². The number of imide groups is 1. The van der Waals surface area contributed by atoms with Crippen molar-refractivity contribution in [3.05, 3.63) is 77.9 Å². The lowest BCUT2D eigenvalue weighted by Gasteiger charge is -2.24. The molecule has 1 aliphatic rings. The minimum Gasteiger partial charge on any atom is -0.497 e. The van der Waals surface area contributed by atoms with Crippen molar-refractivity contribution in [3.8, 4) is 5.75 Å². The maximum Gasteiger partial charge on any atom is 0.325 e. The average Bonchev–Trinajstić information content (AvgIpc) is 3.02. The molecule has 1 heterocycles. The molecule has 2 N–H and O–H groups in total. The van der Waals surface area contributed by atoms with Gasteiger partial charge in [0.2, 0.25) is 5.91 Å². The van der Waals surface area contributed by atoms with Gasteiger partial charge in [0.1, 0.15) is 17.8 Å². The third-order valence-electron chi connectivity index (χ3n) is 5.80. The van der Waals surface area contributed by atoms with E-state index in [0.717, 1.165) is 27.0 Å². The number of rotatable bonds is 7. The Morgan fingerprint density at radius 1 is 1.03 bits per heavy atom. The molecule has 1 saturated heterocycles. The van der Waals surface area contributed by atoms with Crippen molar-refractivity contribution in [3.63, 3.8) is 0 Å². The van der Waals surface area contributed by atoms with Gasteiger partial charge < -0.3 is 15.4 Å². The zero-order chi connectivity index (χ0) is 22.7. The van der Waals surface area contributed by atoms with Crippen LogP contribution in [0.1, 0.15) is 18.1 Å². The highest BCUT2D eigenvalue weighted by Crippen LogP contribution is 2.33. The van der Waals surface area contributed by atoms with Gasteiger partial charge in [-0.15, -0.1) is 0 Å². The summed E-state index contributed by atoms with van der Waals surface area (Å²) in [6.07, 6.45) is 0.629. The highest BCUT2D eigenvalue weighted by Gasteiger charge is 2.50. The molecule has 0 bridgehead atoms. The number of urea groups is 1. The molecular weight excluding hydrogens is 406 g/mol. The summed E-state index contributed by atoms with van der Waals surface area (Å²) in [7, 11) is 1.61. The Bertz CT molecular complexity index is 1170. The van der Waals surface area contributed by atoms with Crippen LogP contribution in [0.5, 0.6) is 5.75 Å². The Morgan fingerprint density at radius 3 is 2.50 bits per heavy atom. The number of hydrogen-bond acceptors (Lipinski definition) is 4. The molecule has 1 fully saturated rings. The summed E-state index contributed by atoms with van der Waals surface area (Å²) >= 11 is 0. The highest BCUT2D eigenvalue weighted by molar-refractivity contribution is 6.10. The van der Waals surface area contributed by atoms with Crippen LogP contribution >= 0.6 is 0 Å². The molecular formula is C25H25N3O4. The second-order valence-corrected chi connectivity index (χ2v) is 7.92. The van der Waals surface area contributed by atoms with Crippen LogP contribution < -0.4 is 15.4 Å². The van der Waals surface area contributed by atoms with Gasteiger partial charge in [0.15, 0.2) is 0 Å². The van der Waals surface area contributed by atoms with E-state index in [4.69, 9.17) is 4.74 Å². The summed E-state index contributed by atoms with van der Waals surface area (Å²) in [5.41, 5.74) is 0.516. The molecule has 4 rings (SSSR count). The SMILES string of the molecule is COc1ccc(CCNC(=O)CN2C(=O)NC(C)(c3cccc4ccccc34)C2=O)cc1. The van der Waals surface area contributed by atoms with E-state index < -0.39 is 17.5 Å². The standard InChI is InChI=1S/C25H25N3O4/c1-25(21-9-5-7-18-6-3-4-8-20(18)21)23(30)28(24(31)27-25)16-22(29)26-15-14-17-10-12-19(32-2)13-11-17/h3-13H,14-16H2,1-2H3,(H,26,29)(H,27,31). The summed E-state index contributed by atoms with van der Waals surface area (Å²) in [6.45, 7) is 1.75. The lowest BCUT2D eigenvalue weighted by atomic mass is 9.88. The quantitative estimate of drug-likeness (QED) is 0.563. The maximum atomic E-state index is 13.2. The van der Waals surface area contributed by atoms with Crippen molar-refractivity contribution in [2.75, 3.05) is 20.2 Å². The van der Waals surface area contributed by atoms with E-state index in [9.17, 15) is 14.4 Å². The maximum absolute atomic E-state index is 13.2. The van der Waals surface area contributed by atoms with Crippen molar-refractivity contribution in [2.24, 2.45) is 0 Å². The molecule has 7 nitrogen and oxygen atoms in total. The van der Waals surface area contributed by atoms with Crippen LogP contribution in [-0.2, 0) is 21.5 Å². The topological polar surface area (TPSA) is 87.7 Å². The van der Waals surface area contributed by atoms with Crippen molar-refractivity contribution >= 4 is 28.6 Å². The molecule has 3 aromatic carbocycles. The number of fused-ring (bicyclic) bond motifs is 1. The first kappa shape index (κ1) is 21.4. The van der Waals surface area contributed by atoms with E-state index in [0.29, 0.717) is 18.5 Å². The second-order valence-electron chi connectivity index (χ2n) is 7.92. The van der Waals surface area contributed by atoms with Gasteiger partial charge in [0.05, 0.1) is 7.11 Å². The zero-order valence-corrected chi connectivity index (χ0v) is 18.1. The third kappa shape index (κ3) is 4.01. The minimum atomic E-state index is -1.23. The van der Waals surface area contributed by atoms with Gasteiger partial charge in [0.25, 0.3) is 5.91 Å². The van der Waals surface area contributed by atoms with Gasteiger partial charge in [-0.1, -0.05) is 54.6 Å². The zero-order valence-electron chi connectivity index (χ0n) is 18.1. The first-order valence-electron chi connectivity index (χ1n) is 10.4. The van der Waals surface area contributed by atoms with E-state index in [2.05, 4.69) is 10.6 Å². The van der Waals surface area contributed by atoms with Crippen LogP contribution in [-0.4, -0.2) is 42.9 Å². The average molecular weight is 431 g/mol. The highest BCUT2D eigenvalue weighted by atomic mass is 16.5. The molecule has 0 saturated carbocycles. The molecule has 1 atom stereocenters. The number of ether oxygens (including phenoxy) is 1. The fraction of sp³-hybridized carbons (Fsp3) is 0.240. The number of hydrogen-bond donors (Lipinski definition) is 2. The largest absolute Gasteiger partial charge is 0.497 e. The third-order valence-corrected chi connectivity index (χ3v) is 5.80. The number of methoxy groups -OCH3 is 1. The molecule has 32 heavy (non-hydrogen) atoms. The summed E-state index contributed by atoms with van der Waals surface area (Å²) in [4.78, 5) is 39.2. The van der Waals surface area contributed by atoms with Gasteiger partial charge in [-0.3, -0.25) is 14.5 Å². The first-order chi connectivity index (χ1) is 15.4. The lowest BCUT2D eigenvalue weighted by Crippen LogP contribution is -2.43. The fourth-order valence-electron chi connectivity index (χ4n) is 4.02. The minimum absolute atomic E-state index is 0.326. The molecule has 164 valence electrons. The molecule has 3 aromatic rings. The summed E-state index contributed by atoms with van der Waals surface area (Å²) in [5.74, 6) is -0.0565. The van der Waals surface area contributed by atoms with E-state index in [1.807, 2.05) is 66.7 Å². The summed E-state index contributed by atoms with van der Waals surface area (Å²) in [5, 5.41) is 7.42. The van der Waals surface area contributed by atoms with Crippen molar-refractivity contribution in [1.29, 1.82) is 0 Å². The van der Waals surface area contributed by atoms with Crippen LogP contribution in [0.4, 0.5) is 4.79 Å². The number of nitrogens with zero attached hydrogens (tertiary/aromatic N) is 1. The van der Waals surface area contributed by atoms with Crippen molar-refractivity contribution in [1.82, 2.24) is 15.5 Å². The Kier molecular flexibility index (Phi) is 5.81. The first-order valence-corrected chi connectivity index (χ1v) is 10.4. The van der Waals surface area contributed by atoms with Crippen LogP contribution in [0.2, 0.25) is 0 Å². The Morgan fingerprint density at radius 2 is 1.75 bits per heavy atom. The van der Waals surface area contributed by atoms with E-state index in [-0.39, 0.29) is 12.5 Å². The van der Waals surface area contributed by atoms with E-state index in [1.54, 1.807) is 14.0 Å². The molecule has 0 aliphatic carbocycles. The summed E-state index contributed by atoms with van der Waals surface area (Å²) in [6, 6.07) is 20.3. The molecule has 4 amide bonds.